The van der Waals surface area contributed by atoms with Gasteiger partial charge in [0.2, 0.25) is 11.8 Å². The van der Waals surface area contributed by atoms with Crippen LogP contribution in [0.4, 0.5) is 56.6 Å². The van der Waals surface area contributed by atoms with Crippen LogP contribution in [0, 0.1) is 10.7 Å². The third kappa shape index (κ3) is 15.4. The number of fused-ring (bicyclic) bond motifs is 3. The van der Waals surface area contributed by atoms with Crippen LogP contribution in [0.5, 0.6) is 0 Å². The molecule has 0 spiro atoms. The fourth-order valence-electron chi connectivity index (χ4n) is 14.6. The van der Waals surface area contributed by atoms with Gasteiger partial charge in [0.25, 0.3) is 5.91 Å². The Kier molecular flexibility index (Phi) is 20.6. The number of carbonyl (C=O) groups excluding carboxylic acids is 3. The number of hydrogen-bond donors (Lipinski definition) is 3. The van der Waals surface area contributed by atoms with Crippen molar-refractivity contribution in [2.75, 3.05) is 14.7 Å². The van der Waals surface area contributed by atoms with E-state index < -0.39 is 53.3 Å². The minimum Gasteiger partial charge on any atom is -0.374 e. The Morgan fingerprint density at radius 3 is 1.07 bits per heavy atom. The van der Waals surface area contributed by atoms with Crippen LogP contribution in [0.1, 0.15) is 135 Å². The van der Waals surface area contributed by atoms with E-state index >= 15 is 0 Å². The number of nitrogens with zero attached hydrogens (tertiary/aromatic N) is 3. The first-order valence-electron chi connectivity index (χ1n) is 32.4. The summed E-state index contributed by atoms with van der Waals surface area (Å²) >= 11 is 6.68. The lowest BCUT2D eigenvalue weighted by molar-refractivity contribution is -0.138. The molecular weight excluding hydrogens is 1620 g/mol. The molecule has 3 amide bonds. The SMILES string of the molecule is O=C1C(N[C@@H]2CCc3ccccc32)=C[C@H](c2cccc(I)c2)N1c1ccc(C(F)(F)F)cc1.O=C1[C@@H](N[C@@H]2CCc3ccccc32)C[C@H](c2cccc(I)c2)N1c1ccc(C(F)(F)F)cc1.O=C1[C@H](N[C@@H]2CCc3ccccc32)C[C@H](c2cccc(I)c2)N1c1ccc(C(F)(F)F)cc1. The first kappa shape index (κ1) is 69.9. The largest absolute Gasteiger partial charge is 0.416 e. The van der Waals surface area contributed by atoms with Crippen molar-refractivity contribution < 1.29 is 53.9 Å². The minimum absolute atomic E-state index is 0.0283. The third-order valence-electron chi connectivity index (χ3n) is 19.3. The third-order valence-corrected chi connectivity index (χ3v) is 21.3. The maximum Gasteiger partial charge on any atom is 0.416 e. The summed E-state index contributed by atoms with van der Waals surface area (Å²) in [5.41, 5.74) is 10.0. The Morgan fingerprint density at radius 2 is 0.697 bits per heavy atom. The zero-order valence-electron chi connectivity index (χ0n) is 52.7. The second kappa shape index (κ2) is 29.2. The van der Waals surface area contributed by atoms with Gasteiger partial charge in [-0.3, -0.25) is 29.9 Å². The second-order valence-electron chi connectivity index (χ2n) is 25.4. The molecule has 3 N–H and O–H groups in total. The Hall–Kier alpha value is -7.59. The van der Waals surface area contributed by atoms with Crippen molar-refractivity contribution in [3.63, 3.8) is 0 Å². The molecule has 8 atom stereocenters. The van der Waals surface area contributed by atoms with Crippen LogP contribution in [0.2, 0.25) is 0 Å². The highest BCUT2D eigenvalue weighted by atomic mass is 127. The van der Waals surface area contributed by atoms with E-state index in [4.69, 9.17) is 0 Å². The van der Waals surface area contributed by atoms with Gasteiger partial charge in [-0.1, -0.05) is 109 Å². The average molecular weight is 1690 g/mol. The molecular formula is C78H64F9I3N6O3. The molecule has 3 aliphatic carbocycles. The zero-order chi connectivity index (χ0) is 69.5. The van der Waals surface area contributed by atoms with Crippen molar-refractivity contribution >= 4 is 103 Å². The fourth-order valence-corrected chi connectivity index (χ4v) is 16.3. The Labute approximate surface area is 608 Å². The van der Waals surface area contributed by atoms with E-state index in [1.54, 1.807) is 14.7 Å². The Balaban J connectivity index is 0.000000133. The highest BCUT2D eigenvalue weighted by Gasteiger charge is 2.46. The zero-order valence-corrected chi connectivity index (χ0v) is 59.2. The van der Waals surface area contributed by atoms with Crippen molar-refractivity contribution in [3.05, 3.63) is 308 Å². The van der Waals surface area contributed by atoms with E-state index in [1.165, 1.54) is 69.8 Å². The van der Waals surface area contributed by atoms with Crippen LogP contribution in [0.25, 0.3) is 0 Å². The molecule has 3 aliphatic heterocycles. The number of carbonyl (C=O) groups is 3. The number of benzene rings is 9. The van der Waals surface area contributed by atoms with Crippen LogP contribution < -0.4 is 30.7 Å². The molecule has 0 bridgehead atoms. The van der Waals surface area contributed by atoms with Gasteiger partial charge in [-0.2, -0.15) is 39.5 Å². The van der Waals surface area contributed by atoms with E-state index in [2.05, 4.69) is 120 Å². The predicted molar refractivity (Wildman–Crippen MR) is 389 cm³/mol. The monoisotopic (exact) mass is 1680 g/mol. The molecule has 0 saturated carbocycles. The normalized spacial score (nSPS) is 21.8. The van der Waals surface area contributed by atoms with Crippen LogP contribution in [-0.2, 0) is 52.2 Å². The van der Waals surface area contributed by atoms with Gasteiger partial charge in [0.1, 0.15) is 0 Å². The smallest absolute Gasteiger partial charge is 0.374 e. The molecule has 15 rings (SSSR count). The number of amides is 3. The number of anilines is 3. The van der Waals surface area contributed by atoms with Gasteiger partial charge in [-0.25, -0.2) is 0 Å². The minimum atomic E-state index is -4.43. The Bertz CT molecular complexity index is 4230. The molecule has 3 heterocycles. The molecule has 0 radical (unpaired) electrons. The molecule has 2 saturated heterocycles. The number of halogens is 12. The molecule has 2 fully saturated rings. The molecule has 99 heavy (non-hydrogen) atoms. The molecule has 0 unspecified atom stereocenters. The van der Waals surface area contributed by atoms with Gasteiger partial charge >= 0.3 is 18.5 Å². The van der Waals surface area contributed by atoms with Gasteiger partial charge in [-0.15, -0.1) is 0 Å². The second-order valence-corrected chi connectivity index (χ2v) is 29.1. The maximum atomic E-state index is 13.6. The first-order valence-corrected chi connectivity index (χ1v) is 35.7. The lowest BCUT2D eigenvalue weighted by Gasteiger charge is -2.26. The molecule has 6 aliphatic rings. The quantitative estimate of drug-likeness (QED) is 0.0833. The number of rotatable bonds is 12. The molecule has 9 aromatic rings. The van der Waals surface area contributed by atoms with Gasteiger partial charge in [-0.05, 0) is 284 Å². The van der Waals surface area contributed by atoms with Crippen molar-refractivity contribution in [2.45, 2.75) is 118 Å². The van der Waals surface area contributed by atoms with Crippen LogP contribution >= 0.6 is 67.8 Å². The van der Waals surface area contributed by atoms with Crippen LogP contribution in [0.15, 0.2) is 230 Å². The Morgan fingerprint density at radius 1 is 0.364 bits per heavy atom. The molecule has 9 aromatic carbocycles. The van der Waals surface area contributed by atoms with E-state index in [0.717, 1.165) is 102 Å². The molecule has 9 nitrogen and oxygen atoms in total. The average Bonchev–Trinajstić information content (AvgIpc) is 1.65. The van der Waals surface area contributed by atoms with Crippen molar-refractivity contribution in [1.82, 2.24) is 16.0 Å². The van der Waals surface area contributed by atoms with Gasteiger partial charge < -0.3 is 15.1 Å². The molecule has 21 heteroatoms. The van der Waals surface area contributed by atoms with Crippen molar-refractivity contribution in [2.24, 2.45) is 0 Å². The summed E-state index contributed by atoms with van der Waals surface area (Å²) in [7, 11) is 0. The molecule has 508 valence electrons. The summed E-state index contributed by atoms with van der Waals surface area (Å²) in [6.07, 6.45) is -4.64. The summed E-state index contributed by atoms with van der Waals surface area (Å²) in [5, 5.41) is 10.5. The standard InChI is InChI=1S/2C26H22F3IN2O.C26H20F3IN2O/c3*27-26(28,29)18-9-11-20(12-10-18)32-24(17-5-3-6-19(30)14-17)15-23(25(32)33)31-22-13-8-16-4-1-2-7-21(16)22/h2*1-7,9-12,14,22-24,31H,8,13,15H2;1-7,9-12,14-15,22,24,31H,8,13H2/t22-,23+,24-;22-,23-,24-;22-,24-/m111/s1. The number of hydrogen-bond acceptors (Lipinski definition) is 6. The van der Waals surface area contributed by atoms with E-state index in [0.29, 0.717) is 35.6 Å². The summed E-state index contributed by atoms with van der Waals surface area (Å²) in [4.78, 5) is 45.6. The van der Waals surface area contributed by atoms with Crippen LogP contribution in [0.3, 0.4) is 0 Å². The summed E-state index contributed by atoms with van der Waals surface area (Å²) < 4.78 is 121. The molecule has 0 aromatic heterocycles. The first-order chi connectivity index (χ1) is 47.4. The summed E-state index contributed by atoms with van der Waals surface area (Å²) in [6, 6.07) is 61.4. The predicted octanol–water partition coefficient (Wildman–Crippen LogP) is 19.4. The highest BCUT2D eigenvalue weighted by Crippen LogP contribution is 2.45. The van der Waals surface area contributed by atoms with Gasteiger partial charge in [0.15, 0.2) is 0 Å². The van der Waals surface area contributed by atoms with E-state index in [-0.39, 0.29) is 47.9 Å². The number of alkyl halides is 9. The fraction of sp³-hybridized carbons (Fsp3) is 0.244. The lowest BCUT2D eigenvalue weighted by Crippen LogP contribution is -2.40. The summed E-state index contributed by atoms with van der Waals surface area (Å²) in [5.74, 6) is -0.464. The summed E-state index contributed by atoms with van der Waals surface area (Å²) in [6.45, 7) is 0. The topological polar surface area (TPSA) is 97.0 Å². The van der Waals surface area contributed by atoms with E-state index in [1.807, 2.05) is 115 Å². The van der Waals surface area contributed by atoms with Crippen molar-refractivity contribution in [3.8, 4) is 0 Å². The number of nitrogens with one attached hydrogen (secondary N) is 3. The lowest BCUT2D eigenvalue weighted by atomic mass is 10.0. The van der Waals surface area contributed by atoms with Crippen LogP contribution in [-0.4, -0.2) is 29.8 Å². The van der Waals surface area contributed by atoms with Gasteiger partial charge in [0, 0.05) is 39.9 Å². The number of aryl methyl sites for hydroxylation is 3. The van der Waals surface area contributed by atoms with E-state index in [9.17, 15) is 53.9 Å². The van der Waals surface area contributed by atoms with Gasteiger partial charge in [0.05, 0.1) is 58.6 Å². The maximum absolute atomic E-state index is 13.6. The highest BCUT2D eigenvalue weighted by molar-refractivity contribution is 14.1. The van der Waals surface area contributed by atoms with Crippen molar-refractivity contribution in [1.29, 1.82) is 0 Å².